The highest BCUT2D eigenvalue weighted by molar-refractivity contribution is 6.09. The first-order chi connectivity index (χ1) is 13.3. The fourth-order valence-corrected chi connectivity index (χ4v) is 4.23. The first-order valence-electron chi connectivity index (χ1n) is 10.4. The van der Waals surface area contributed by atoms with Crippen molar-refractivity contribution in [2.24, 2.45) is 0 Å². The van der Waals surface area contributed by atoms with E-state index in [9.17, 15) is 9.59 Å². The summed E-state index contributed by atoms with van der Waals surface area (Å²) in [7, 11) is 0. The number of carbonyl (C=O) groups excluding carboxylic acids is 2. The molecule has 160 valence electrons. The summed E-state index contributed by atoms with van der Waals surface area (Å²) < 4.78 is 11.6. The molecule has 6 nitrogen and oxygen atoms in total. The number of Topliss-reactive ketones (excluding diaryl/α,β-unsaturated/α-hetero) is 1. The van der Waals surface area contributed by atoms with E-state index in [0.717, 1.165) is 41.1 Å². The Morgan fingerprint density at radius 2 is 1.66 bits per heavy atom. The second-order valence-electron chi connectivity index (χ2n) is 9.68. The maximum Gasteiger partial charge on any atom is 0.410 e. The van der Waals surface area contributed by atoms with E-state index >= 15 is 0 Å². The van der Waals surface area contributed by atoms with E-state index in [1.165, 1.54) is 0 Å². The van der Waals surface area contributed by atoms with Crippen LogP contribution in [0, 0.1) is 20.8 Å². The van der Waals surface area contributed by atoms with Crippen molar-refractivity contribution in [3.05, 3.63) is 22.3 Å². The average molecular weight is 403 g/mol. The highest BCUT2D eigenvalue weighted by Gasteiger charge is 2.43. The molecule has 6 heteroatoms. The summed E-state index contributed by atoms with van der Waals surface area (Å²) in [4.78, 5) is 29.5. The molecule has 0 radical (unpaired) electrons. The van der Waals surface area contributed by atoms with Crippen molar-refractivity contribution in [1.82, 2.24) is 4.90 Å². The lowest BCUT2D eigenvalue weighted by molar-refractivity contribution is 0.0263. The SMILES string of the molecule is Cc1c(C)c(N2CCCN(C(=O)OC(C)(C)C)CC2)c(C)c2c1OC(C)(C)C2=O. The molecule has 1 aromatic rings. The van der Waals surface area contributed by atoms with Crippen molar-refractivity contribution in [3.63, 3.8) is 0 Å². The first-order valence-corrected chi connectivity index (χ1v) is 10.4. The molecule has 0 spiro atoms. The normalized spacial score (nSPS) is 19.0. The van der Waals surface area contributed by atoms with E-state index < -0.39 is 11.2 Å². The van der Waals surface area contributed by atoms with Crippen molar-refractivity contribution >= 4 is 17.6 Å². The highest BCUT2D eigenvalue weighted by atomic mass is 16.6. The molecule has 2 aliphatic heterocycles. The number of ketones is 1. The summed E-state index contributed by atoms with van der Waals surface area (Å²) in [5, 5.41) is 0. The third-order valence-electron chi connectivity index (χ3n) is 5.81. The predicted molar refractivity (Wildman–Crippen MR) is 114 cm³/mol. The van der Waals surface area contributed by atoms with Gasteiger partial charge in [0.1, 0.15) is 11.4 Å². The lowest BCUT2D eigenvalue weighted by Crippen LogP contribution is -2.39. The number of rotatable bonds is 1. The van der Waals surface area contributed by atoms with Crippen LogP contribution in [0.1, 0.15) is 68.1 Å². The fourth-order valence-electron chi connectivity index (χ4n) is 4.23. The highest BCUT2D eigenvalue weighted by Crippen LogP contribution is 2.45. The number of nitrogens with zero attached hydrogens (tertiary/aromatic N) is 2. The molecule has 29 heavy (non-hydrogen) atoms. The lowest BCUT2D eigenvalue weighted by Gasteiger charge is -2.29. The molecule has 2 heterocycles. The molecule has 1 aromatic carbocycles. The minimum Gasteiger partial charge on any atom is -0.479 e. The van der Waals surface area contributed by atoms with E-state index in [1.807, 2.05) is 48.5 Å². The quantitative estimate of drug-likeness (QED) is 0.696. The Morgan fingerprint density at radius 3 is 2.28 bits per heavy atom. The molecule has 1 amide bonds. The maximum absolute atomic E-state index is 13.0. The summed E-state index contributed by atoms with van der Waals surface area (Å²) in [6.45, 7) is 18.2. The van der Waals surface area contributed by atoms with Crippen LogP contribution in [0.4, 0.5) is 10.5 Å². The number of hydrogen-bond donors (Lipinski definition) is 0. The molecule has 0 bridgehead atoms. The number of ether oxygens (including phenoxy) is 2. The molecule has 1 fully saturated rings. The van der Waals surface area contributed by atoms with Crippen LogP contribution in [0.25, 0.3) is 0 Å². The maximum atomic E-state index is 13.0. The first kappa shape index (κ1) is 21.5. The van der Waals surface area contributed by atoms with E-state index in [4.69, 9.17) is 9.47 Å². The summed E-state index contributed by atoms with van der Waals surface area (Å²) >= 11 is 0. The Bertz CT molecular complexity index is 852. The standard InChI is InChI=1S/C23H34N2O4/c1-14-15(2)19-17(20(26)23(7,8)28-19)16(3)18(14)24-10-9-11-25(13-12-24)21(27)29-22(4,5)6/h9-13H2,1-8H3. The predicted octanol–water partition coefficient (Wildman–Crippen LogP) is 4.41. The van der Waals surface area contributed by atoms with Crippen molar-refractivity contribution in [2.45, 2.75) is 73.0 Å². The Balaban J connectivity index is 1.89. The van der Waals surface area contributed by atoms with E-state index in [0.29, 0.717) is 25.2 Å². The summed E-state index contributed by atoms with van der Waals surface area (Å²) in [6, 6.07) is 0. The van der Waals surface area contributed by atoms with Crippen molar-refractivity contribution in [2.75, 3.05) is 31.1 Å². The van der Waals surface area contributed by atoms with Crippen molar-refractivity contribution in [3.8, 4) is 5.75 Å². The zero-order chi connectivity index (χ0) is 21.7. The minimum atomic E-state index is -0.824. The number of amides is 1. The molecular weight excluding hydrogens is 368 g/mol. The van der Waals surface area contributed by atoms with E-state index in [-0.39, 0.29) is 11.9 Å². The number of carbonyl (C=O) groups is 2. The van der Waals surface area contributed by atoms with Gasteiger partial charge in [0.25, 0.3) is 0 Å². The molecule has 0 unspecified atom stereocenters. The Labute approximate surface area is 174 Å². The summed E-state index contributed by atoms with van der Waals surface area (Å²) in [5.41, 5.74) is 3.62. The number of benzene rings is 1. The topological polar surface area (TPSA) is 59.1 Å². The van der Waals surface area contributed by atoms with Gasteiger partial charge in [-0.1, -0.05) is 0 Å². The smallest absolute Gasteiger partial charge is 0.410 e. The minimum absolute atomic E-state index is 0.0413. The van der Waals surface area contributed by atoms with Crippen LogP contribution in [-0.4, -0.2) is 54.2 Å². The van der Waals surface area contributed by atoms with Gasteiger partial charge in [0.05, 0.1) is 5.56 Å². The Kier molecular flexibility index (Phi) is 5.35. The van der Waals surface area contributed by atoms with Gasteiger partial charge in [-0.15, -0.1) is 0 Å². The van der Waals surface area contributed by atoms with E-state index in [2.05, 4.69) is 11.8 Å². The van der Waals surface area contributed by atoms with Crippen LogP contribution in [0.15, 0.2) is 0 Å². The molecule has 0 N–H and O–H groups in total. The molecule has 0 aromatic heterocycles. The molecule has 1 saturated heterocycles. The van der Waals surface area contributed by atoms with Crippen molar-refractivity contribution in [1.29, 1.82) is 0 Å². The molecule has 0 atom stereocenters. The van der Waals surface area contributed by atoms with Crippen LogP contribution < -0.4 is 9.64 Å². The van der Waals surface area contributed by atoms with Gasteiger partial charge in [0.15, 0.2) is 5.60 Å². The monoisotopic (exact) mass is 402 g/mol. The largest absolute Gasteiger partial charge is 0.479 e. The van der Waals surface area contributed by atoms with Crippen LogP contribution in [0.2, 0.25) is 0 Å². The number of hydrogen-bond acceptors (Lipinski definition) is 5. The molecule has 0 saturated carbocycles. The summed E-state index contributed by atoms with van der Waals surface area (Å²) in [6.07, 6.45) is 0.591. The third kappa shape index (κ3) is 3.94. The van der Waals surface area contributed by atoms with Gasteiger partial charge in [-0.25, -0.2) is 4.79 Å². The van der Waals surface area contributed by atoms with Crippen LogP contribution >= 0.6 is 0 Å². The van der Waals surface area contributed by atoms with E-state index in [1.54, 1.807) is 4.90 Å². The van der Waals surface area contributed by atoms with Gasteiger partial charge in [0, 0.05) is 31.9 Å². The third-order valence-corrected chi connectivity index (χ3v) is 5.81. The molecular formula is C23H34N2O4. The number of anilines is 1. The van der Waals surface area contributed by atoms with Gasteiger partial charge in [0.2, 0.25) is 5.78 Å². The Morgan fingerprint density at radius 1 is 1.00 bits per heavy atom. The second-order valence-corrected chi connectivity index (χ2v) is 9.68. The van der Waals surface area contributed by atoms with Crippen LogP contribution in [0.5, 0.6) is 5.75 Å². The number of fused-ring (bicyclic) bond motifs is 1. The lowest BCUT2D eigenvalue weighted by atomic mass is 9.91. The fraction of sp³-hybridized carbons (Fsp3) is 0.652. The Hall–Kier alpha value is -2.24. The van der Waals surface area contributed by atoms with Crippen LogP contribution in [0.3, 0.4) is 0 Å². The van der Waals surface area contributed by atoms with Crippen LogP contribution in [-0.2, 0) is 4.74 Å². The van der Waals surface area contributed by atoms with Gasteiger partial charge in [-0.3, -0.25) is 4.79 Å². The zero-order valence-corrected chi connectivity index (χ0v) is 19.1. The van der Waals surface area contributed by atoms with Gasteiger partial charge in [-0.2, -0.15) is 0 Å². The average Bonchev–Trinajstić information content (AvgIpc) is 2.76. The van der Waals surface area contributed by atoms with Gasteiger partial charge >= 0.3 is 6.09 Å². The van der Waals surface area contributed by atoms with Crippen molar-refractivity contribution < 1.29 is 19.1 Å². The molecule has 3 rings (SSSR count). The molecule has 2 aliphatic rings. The zero-order valence-electron chi connectivity index (χ0n) is 19.1. The van der Waals surface area contributed by atoms with Gasteiger partial charge in [-0.05, 0) is 78.5 Å². The second kappa shape index (κ2) is 7.22. The van der Waals surface area contributed by atoms with Gasteiger partial charge < -0.3 is 19.3 Å². The summed E-state index contributed by atoms with van der Waals surface area (Å²) in [5.74, 6) is 0.767. The molecule has 0 aliphatic carbocycles.